The molecule has 4 atom stereocenters. The molecule has 1 amide bonds. The van der Waals surface area contributed by atoms with Crippen molar-refractivity contribution in [3.8, 4) is 0 Å². The van der Waals surface area contributed by atoms with Crippen LogP contribution in [0, 0.1) is 11.8 Å². The molecule has 4 nitrogen and oxygen atoms in total. The van der Waals surface area contributed by atoms with Gasteiger partial charge in [0, 0.05) is 19.1 Å². The van der Waals surface area contributed by atoms with Crippen molar-refractivity contribution in [3.63, 3.8) is 0 Å². The number of hydrogen-bond donors (Lipinski definition) is 1. The number of carbonyl (C=O) groups is 1. The molecule has 3 rings (SSSR count). The van der Waals surface area contributed by atoms with Crippen LogP contribution in [0.4, 0.5) is 0 Å². The predicted octanol–water partition coefficient (Wildman–Crippen LogP) is 0.622. The summed E-state index contributed by atoms with van der Waals surface area (Å²) in [7, 11) is 0. The molecule has 3 aliphatic heterocycles. The summed E-state index contributed by atoms with van der Waals surface area (Å²) >= 11 is 0. The maximum absolute atomic E-state index is 12.4. The van der Waals surface area contributed by atoms with Crippen LogP contribution < -0.4 is 5.32 Å². The highest BCUT2D eigenvalue weighted by Crippen LogP contribution is 2.28. The molecule has 3 heterocycles. The van der Waals surface area contributed by atoms with Gasteiger partial charge in [0.2, 0.25) is 5.91 Å². The zero-order valence-corrected chi connectivity index (χ0v) is 10.5. The van der Waals surface area contributed by atoms with E-state index >= 15 is 0 Å². The van der Waals surface area contributed by atoms with Gasteiger partial charge in [-0.1, -0.05) is 0 Å². The third-order valence-electron chi connectivity index (χ3n) is 4.46. The second-order valence-electron chi connectivity index (χ2n) is 5.78. The van der Waals surface area contributed by atoms with E-state index in [0.717, 1.165) is 26.1 Å². The number of amides is 1. The minimum Gasteiger partial charge on any atom is -0.378 e. The van der Waals surface area contributed by atoms with Crippen LogP contribution in [0.25, 0.3) is 0 Å². The Morgan fingerprint density at radius 3 is 3.00 bits per heavy atom. The molecular formula is C13H22N2O2. The monoisotopic (exact) mass is 238 g/mol. The zero-order chi connectivity index (χ0) is 11.8. The van der Waals surface area contributed by atoms with Crippen molar-refractivity contribution in [2.24, 2.45) is 11.8 Å². The van der Waals surface area contributed by atoms with E-state index in [9.17, 15) is 4.79 Å². The Morgan fingerprint density at radius 1 is 1.41 bits per heavy atom. The van der Waals surface area contributed by atoms with Crippen molar-refractivity contribution < 1.29 is 9.53 Å². The molecule has 0 aromatic carbocycles. The average molecular weight is 238 g/mol. The van der Waals surface area contributed by atoms with Crippen molar-refractivity contribution in [1.82, 2.24) is 10.2 Å². The zero-order valence-electron chi connectivity index (χ0n) is 10.5. The van der Waals surface area contributed by atoms with Gasteiger partial charge in [0.15, 0.2) is 0 Å². The molecule has 0 aromatic rings. The lowest BCUT2D eigenvalue weighted by Gasteiger charge is -2.24. The van der Waals surface area contributed by atoms with Gasteiger partial charge in [-0.3, -0.25) is 4.79 Å². The topological polar surface area (TPSA) is 41.6 Å². The van der Waals surface area contributed by atoms with Crippen LogP contribution in [0.15, 0.2) is 0 Å². The van der Waals surface area contributed by atoms with Crippen molar-refractivity contribution in [2.75, 3.05) is 26.2 Å². The van der Waals surface area contributed by atoms with E-state index < -0.39 is 0 Å². The summed E-state index contributed by atoms with van der Waals surface area (Å²) in [5.74, 6) is 1.13. The van der Waals surface area contributed by atoms with E-state index in [-0.39, 0.29) is 12.0 Å². The largest absolute Gasteiger partial charge is 0.378 e. The fourth-order valence-electron chi connectivity index (χ4n) is 3.47. The maximum atomic E-state index is 12.4. The first-order valence-electron chi connectivity index (χ1n) is 6.88. The van der Waals surface area contributed by atoms with E-state index in [1.807, 2.05) is 0 Å². The van der Waals surface area contributed by atoms with Crippen LogP contribution in [0.5, 0.6) is 0 Å². The van der Waals surface area contributed by atoms with Crippen LogP contribution in [0.2, 0.25) is 0 Å². The summed E-state index contributed by atoms with van der Waals surface area (Å²) in [5.41, 5.74) is 0. The Labute approximate surface area is 103 Å². The first kappa shape index (κ1) is 11.5. The molecule has 17 heavy (non-hydrogen) atoms. The molecule has 4 heteroatoms. The minimum absolute atomic E-state index is 0.116. The SMILES string of the molecule is CC1CC(C(=O)N2C[C@@H]3CCCN[C@@H]3C2)CO1. The van der Waals surface area contributed by atoms with Gasteiger partial charge < -0.3 is 15.0 Å². The van der Waals surface area contributed by atoms with E-state index in [2.05, 4.69) is 17.1 Å². The normalized spacial score (nSPS) is 41.6. The number of rotatable bonds is 1. The van der Waals surface area contributed by atoms with Gasteiger partial charge >= 0.3 is 0 Å². The van der Waals surface area contributed by atoms with Crippen LogP contribution in [-0.2, 0) is 9.53 Å². The van der Waals surface area contributed by atoms with Gasteiger partial charge in [-0.25, -0.2) is 0 Å². The molecular weight excluding hydrogens is 216 g/mol. The number of ether oxygens (including phenoxy) is 1. The first-order chi connectivity index (χ1) is 8.24. The second kappa shape index (κ2) is 4.58. The molecule has 3 fully saturated rings. The summed E-state index contributed by atoms with van der Waals surface area (Å²) < 4.78 is 5.50. The first-order valence-corrected chi connectivity index (χ1v) is 6.88. The highest BCUT2D eigenvalue weighted by Gasteiger charge is 2.39. The Morgan fingerprint density at radius 2 is 2.29 bits per heavy atom. The fourth-order valence-corrected chi connectivity index (χ4v) is 3.47. The van der Waals surface area contributed by atoms with Gasteiger partial charge in [-0.2, -0.15) is 0 Å². The van der Waals surface area contributed by atoms with Crippen LogP contribution in [0.1, 0.15) is 26.2 Å². The van der Waals surface area contributed by atoms with E-state index in [1.165, 1.54) is 12.8 Å². The van der Waals surface area contributed by atoms with E-state index in [0.29, 0.717) is 24.5 Å². The second-order valence-corrected chi connectivity index (χ2v) is 5.78. The summed E-state index contributed by atoms with van der Waals surface area (Å²) in [6.45, 7) is 5.67. The molecule has 96 valence electrons. The predicted molar refractivity (Wildman–Crippen MR) is 64.6 cm³/mol. The number of likely N-dealkylation sites (tertiary alicyclic amines) is 1. The Bertz CT molecular complexity index is 294. The Hall–Kier alpha value is -0.610. The molecule has 0 radical (unpaired) electrons. The average Bonchev–Trinajstić information content (AvgIpc) is 2.93. The third-order valence-corrected chi connectivity index (χ3v) is 4.46. The summed E-state index contributed by atoms with van der Waals surface area (Å²) in [4.78, 5) is 14.4. The van der Waals surface area contributed by atoms with Crippen LogP contribution >= 0.6 is 0 Å². The molecule has 0 bridgehead atoms. The molecule has 1 N–H and O–H groups in total. The molecule has 0 aromatic heterocycles. The lowest BCUT2D eigenvalue weighted by atomic mass is 9.94. The third kappa shape index (κ3) is 2.20. The number of piperidine rings is 1. The van der Waals surface area contributed by atoms with Crippen LogP contribution in [0.3, 0.4) is 0 Å². The number of nitrogens with zero attached hydrogens (tertiary/aromatic N) is 1. The summed E-state index contributed by atoms with van der Waals surface area (Å²) in [6.07, 6.45) is 3.69. The molecule has 2 unspecified atom stereocenters. The number of nitrogens with one attached hydrogen (secondary N) is 1. The van der Waals surface area contributed by atoms with Gasteiger partial charge in [0.05, 0.1) is 18.6 Å². The van der Waals surface area contributed by atoms with Gasteiger partial charge in [-0.05, 0) is 38.6 Å². The highest BCUT2D eigenvalue weighted by atomic mass is 16.5. The molecule has 0 aliphatic carbocycles. The van der Waals surface area contributed by atoms with Crippen molar-refractivity contribution in [1.29, 1.82) is 0 Å². The van der Waals surface area contributed by atoms with Crippen molar-refractivity contribution >= 4 is 5.91 Å². The maximum Gasteiger partial charge on any atom is 0.228 e. The van der Waals surface area contributed by atoms with Crippen molar-refractivity contribution in [2.45, 2.75) is 38.3 Å². The highest BCUT2D eigenvalue weighted by molar-refractivity contribution is 5.79. The number of fused-ring (bicyclic) bond motifs is 1. The molecule has 0 saturated carbocycles. The molecule has 3 aliphatic rings. The molecule has 0 spiro atoms. The number of carbonyl (C=O) groups excluding carboxylic acids is 1. The fraction of sp³-hybridized carbons (Fsp3) is 0.923. The van der Waals surface area contributed by atoms with Gasteiger partial charge in [-0.15, -0.1) is 0 Å². The van der Waals surface area contributed by atoms with Crippen LogP contribution in [-0.4, -0.2) is 49.2 Å². The summed E-state index contributed by atoms with van der Waals surface area (Å²) in [6, 6.07) is 0.549. The van der Waals surface area contributed by atoms with Gasteiger partial charge in [0.25, 0.3) is 0 Å². The van der Waals surface area contributed by atoms with E-state index in [1.54, 1.807) is 0 Å². The molecule has 3 saturated heterocycles. The van der Waals surface area contributed by atoms with Crippen molar-refractivity contribution in [3.05, 3.63) is 0 Å². The van der Waals surface area contributed by atoms with Gasteiger partial charge in [0.1, 0.15) is 0 Å². The Kier molecular flexibility index (Phi) is 3.09. The van der Waals surface area contributed by atoms with E-state index in [4.69, 9.17) is 4.74 Å². The lowest BCUT2D eigenvalue weighted by molar-refractivity contribution is -0.134. The Balaban J connectivity index is 1.60. The number of hydrogen-bond acceptors (Lipinski definition) is 3. The smallest absolute Gasteiger partial charge is 0.228 e. The minimum atomic E-state index is 0.116. The summed E-state index contributed by atoms with van der Waals surface area (Å²) in [5, 5.41) is 3.54. The standard InChI is InChI=1S/C13H22N2O2/c1-9-5-11(8-17-9)13(16)15-6-10-3-2-4-14-12(10)7-15/h9-12,14H,2-8H2,1H3/t9?,10-,11?,12+/m0/s1. The quantitative estimate of drug-likeness (QED) is 0.728. The lowest BCUT2D eigenvalue weighted by Crippen LogP contribution is -2.41.